The van der Waals surface area contributed by atoms with E-state index in [2.05, 4.69) is 31.3 Å². The van der Waals surface area contributed by atoms with Crippen LogP contribution < -0.4 is 5.32 Å². The topological polar surface area (TPSA) is 29.1 Å². The molecule has 1 aliphatic rings. The van der Waals surface area contributed by atoms with Crippen LogP contribution in [0.4, 0.5) is 0 Å². The predicted molar refractivity (Wildman–Crippen MR) is 74.7 cm³/mol. The molecule has 1 aromatic carbocycles. The molecule has 0 aliphatic heterocycles. The summed E-state index contributed by atoms with van der Waals surface area (Å²) in [6.07, 6.45) is 2.60. The van der Waals surface area contributed by atoms with Crippen molar-refractivity contribution in [2.75, 3.05) is 0 Å². The smallest absolute Gasteiger partial charge is 0.223 e. The number of nitrogens with one attached hydrogen (secondary N) is 1. The molecule has 2 rings (SSSR count). The molecule has 18 heavy (non-hydrogen) atoms. The second-order valence-electron chi connectivity index (χ2n) is 4.92. The molecule has 3 heteroatoms. The number of fused-ring (bicyclic) bond motifs is 1. The lowest BCUT2D eigenvalue weighted by Crippen LogP contribution is -2.36. The van der Waals surface area contributed by atoms with Crippen LogP contribution in [0.25, 0.3) is 0 Å². The molecule has 1 amide bonds. The Labute approximate surface area is 114 Å². The van der Waals surface area contributed by atoms with Crippen LogP contribution in [-0.2, 0) is 11.2 Å². The number of benzene rings is 1. The van der Waals surface area contributed by atoms with Crippen LogP contribution >= 0.6 is 11.6 Å². The van der Waals surface area contributed by atoms with E-state index in [-0.39, 0.29) is 23.2 Å². The van der Waals surface area contributed by atoms with Gasteiger partial charge in [0, 0.05) is 5.92 Å². The van der Waals surface area contributed by atoms with E-state index in [1.54, 1.807) is 0 Å². The quantitative estimate of drug-likeness (QED) is 0.830. The Morgan fingerprint density at radius 3 is 2.72 bits per heavy atom. The van der Waals surface area contributed by atoms with Gasteiger partial charge in [0.25, 0.3) is 0 Å². The number of hydrogen-bond acceptors (Lipinski definition) is 1. The van der Waals surface area contributed by atoms with Gasteiger partial charge in [-0.3, -0.25) is 4.79 Å². The lowest BCUT2D eigenvalue weighted by atomic mass is 10.0. The minimum Gasteiger partial charge on any atom is -0.348 e. The van der Waals surface area contributed by atoms with Crippen molar-refractivity contribution in [2.24, 2.45) is 5.92 Å². The van der Waals surface area contributed by atoms with Gasteiger partial charge in [-0.25, -0.2) is 0 Å². The average molecular weight is 266 g/mol. The fourth-order valence-corrected chi connectivity index (χ4v) is 3.01. The minimum absolute atomic E-state index is 0.0271. The third-order valence-electron chi connectivity index (χ3n) is 3.82. The standard InChI is InChI=1S/C15H20ClNO/c1-3-10(4-2)15(18)17-14-12-8-6-5-7-11(12)9-13(14)16/h5-8,10,13-14H,3-4,9H2,1-2H3,(H,17,18). The molecule has 0 aromatic heterocycles. The molecule has 0 saturated heterocycles. The normalized spacial score (nSPS) is 22.0. The molecule has 1 aromatic rings. The van der Waals surface area contributed by atoms with Crippen molar-refractivity contribution < 1.29 is 4.79 Å². The number of alkyl halides is 1. The summed E-state index contributed by atoms with van der Waals surface area (Å²) < 4.78 is 0. The number of carbonyl (C=O) groups is 1. The molecule has 0 saturated carbocycles. The third-order valence-corrected chi connectivity index (χ3v) is 4.23. The highest BCUT2D eigenvalue weighted by Crippen LogP contribution is 2.34. The fourth-order valence-electron chi connectivity index (χ4n) is 2.65. The van der Waals surface area contributed by atoms with Crippen molar-refractivity contribution in [1.29, 1.82) is 0 Å². The van der Waals surface area contributed by atoms with Gasteiger partial charge >= 0.3 is 0 Å². The second-order valence-corrected chi connectivity index (χ2v) is 5.48. The van der Waals surface area contributed by atoms with Crippen molar-refractivity contribution in [3.63, 3.8) is 0 Å². The van der Waals surface area contributed by atoms with E-state index in [0.29, 0.717) is 0 Å². The highest BCUT2D eigenvalue weighted by molar-refractivity contribution is 6.21. The molecule has 2 nitrogen and oxygen atoms in total. The van der Waals surface area contributed by atoms with Gasteiger partial charge in [0.1, 0.15) is 0 Å². The first-order valence-electron chi connectivity index (χ1n) is 6.69. The highest BCUT2D eigenvalue weighted by atomic mass is 35.5. The van der Waals surface area contributed by atoms with Crippen molar-refractivity contribution in [3.8, 4) is 0 Å². The highest BCUT2D eigenvalue weighted by Gasteiger charge is 2.32. The minimum atomic E-state index is -0.0315. The molecule has 0 heterocycles. The summed E-state index contributed by atoms with van der Waals surface area (Å²) in [5.41, 5.74) is 2.43. The maximum Gasteiger partial charge on any atom is 0.223 e. The third kappa shape index (κ3) is 2.54. The molecule has 1 aliphatic carbocycles. The molecule has 0 spiro atoms. The Bertz CT molecular complexity index is 428. The first kappa shape index (κ1) is 13.4. The maximum absolute atomic E-state index is 12.1. The first-order valence-corrected chi connectivity index (χ1v) is 7.13. The summed E-state index contributed by atoms with van der Waals surface area (Å²) in [7, 11) is 0. The van der Waals surface area contributed by atoms with E-state index in [9.17, 15) is 4.79 Å². The van der Waals surface area contributed by atoms with Crippen LogP contribution in [0.3, 0.4) is 0 Å². The molecule has 0 radical (unpaired) electrons. The molecule has 2 atom stereocenters. The van der Waals surface area contributed by atoms with E-state index in [0.717, 1.165) is 19.3 Å². The van der Waals surface area contributed by atoms with E-state index < -0.39 is 0 Å². The molecule has 1 N–H and O–H groups in total. The summed E-state index contributed by atoms with van der Waals surface area (Å²) in [5.74, 6) is 0.231. The number of rotatable bonds is 4. The summed E-state index contributed by atoms with van der Waals surface area (Å²) in [6.45, 7) is 4.10. The molecule has 0 bridgehead atoms. The zero-order valence-corrected chi connectivity index (χ0v) is 11.7. The van der Waals surface area contributed by atoms with Crippen LogP contribution in [0, 0.1) is 5.92 Å². The summed E-state index contributed by atoms with van der Waals surface area (Å²) in [6, 6.07) is 8.15. The van der Waals surface area contributed by atoms with Crippen LogP contribution in [0.5, 0.6) is 0 Å². The second kappa shape index (κ2) is 5.75. The van der Waals surface area contributed by atoms with Gasteiger partial charge in [-0.1, -0.05) is 38.1 Å². The SMILES string of the molecule is CCC(CC)C(=O)NC1c2ccccc2CC1Cl. The Morgan fingerprint density at radius 2 is 2.06 bits per heavy atom. The maximum atomic E-state index is 12.1. The zero-order chi connectivity index (χ0) is 13.1. The summed E-state index contributed by atoms with van der Waals surface area (Å²) >= 11 is 6.36. The van der Waals surface area contributed by atoms with Crippen molar-refractivity contribution >= 4 is 17.5 Å². The largest absolute Gasteiger partial charge is 0.348 e. The van der Waals surface area contributed by atoms with E-state index in [4.69, 9.17) is 11.6 Å². The van der Waals surface area contributed by atoms with Gasteiger partial charge in [0.15, 0.2) is 0 Å². The van der Waals surface area contributed by atoms with E-state index in [1.807, 2.05) is 12.1 Å². The number of halogens is 1. The van der Waals surface area contributed by atoms with Gasteiger partial charge in [-0.05, 0) is 30.4 Å². The number of carbonyl (C=O) groups excluding carboxylic acids is 1. The monoisotopic (exact) mass is 265 g/mol. The van der Waals surface area contributed by atoms with Crippen molar-refractivity contribution in [2.45, 2.75) is 44.5 Å². The fraction of sp³-hybridized carbons (Fsp3) is 0.533. The predicted octanol–water partition coefficient (Wildman–Crippen LogP) is 3.44. The van der Waals surface area contributed by atoms with E-state index in [1.165, 1.54) is 11.1 Å². The first-order chi connectivity index (χ1) is 8.67. The Hall–Kier alpha value is -1.02. The van der Waals surface area contributed by atoms with Gasteiger partial charge < -0.3 is 5.32 Å². The summed E-state index contributed by atoms with van der Waals surface area (Å²) in [4.78, 5) is 12.1. The van der Waals surface area contributed by atoms with Crippen molar-refractivity contribution in [1.82, 2.24) is 5.32 Å². The molecule has 98 valence electrons. The molecular formula is C15H20ClNO. The number of hydrogen-bond donors (Lipinski definition) is 1. The van der Waals surface area contributed by atoms with Crippen LogP contribution in [0.1, 0.15) is 43.9 Å². The molecule has 2 unspecified atom stereocenters. The van der Waals surface area contributed by atoms with E-state index >= 15 is 0 Å². The Kier molecular flexibility index (Phi) is 4.28. The van der Waals surface area contributed by atoms with Crippen molar-refractivity contribution in [3.05, 3.63) is 35.4 Å². The number of amides is 1. The lowest BCUT2D eigenvalue weighted by Gasteiger charge is -2.21. The molecule has 0 fully saturated rings. The Morgan fingerprint density at radius 1 is 1.39 bits per heavy atom. The summed E-state index contributed by atoms with van der Waals surface area (Å²) in [5, 5.41) is 3.09. The van der Waals surface area contributed by atoms with Crippen LogP contribution in [-0.4, -0.2) is 11.3 Å². The van der Waals surface area contributed by atoms with Crippen LogP contribution in [0.15, 0.2) is 24.3 Å². The average Bonchev–Trinajstić information content (AvgIpc) is 2.68. The Balaban J connectivity index is 2.12. The lowest BCUT2D eigenvalue weighted by molar-refractivity contribution is -0.125. The van der Waals surface area contributed by atoms with Gasteiger partial charge in [-0.2, -0.15) is 0 Å². The molecular weight excluding hydrogens is 246 g/mol. The van der Waals surface area contributed by atoms with Crippen LogP contribution in [0.2, 0.25) is 0 Å². The zero-order valence-electron chi connectivity index (χ0n) is 10.9. The van der Waals surface area contributed by atoms with Gasteiger partial charge in [0.2, 0.25) is 5.91 Å². The van der Waals surface area contributed by atoms with Gasteiger partial charge in [-0.15, -0.1) is 11.6 Å². The van der Waals surface area contributed by atoms with Gasteiger partial charge in [0.05, 0.1) is 11.4 Å².